The highest BCUT2D eigenvalue weighted by atomic mass is 35.5. The SMILES string of the molecule is Cl.O=C(O)C1CCC(N(CCCl)CCCl)CC1. The van der Waals surface area contributed by atoms with Gasteiger partial charge in [0.15, 0.2) is 0 Å². The quantitative estimate of drug-likeness (QED) is 0.767. The first kappa shape index (κ1) is 17.3. The van der Waals surface area contributed by atoms with Crippen LogP contribution in [0.3, 0.4) is 0 Å². The van der Waals surface area contributed by atoms with E-state index in [0.717, 1.165) is 38.8 Å². The molecule has 0 unspecified atom stereocenters. The maximum atomic E-state index is 10.8. The third-order valence-corrected chi connectivity index (χ3v) is 3.64. The molecule has 0 saturated heterocycles. The number of nitrogens with zero attached hydrogens (tertiary/aromatic N) is 1. The Morgan fingerprint density at radius 3 is 1.94 bits per heavy atom. The van der Waals surface area contributed by atoms with Crippen molar-refractivity contribution in [2.75, 3.05) is 24.8 Å². The Morgan fingerprint density at radius 1 is 1.12 bits per heavy atom. The smallest absolute Gasteiger partial charge is 0.306 e. The molecule has 0 heterocycles. The first-order valence-electron chi connectivity index (χ1n) is 5.77. The third kappa shape index (κ3) is 5.64. The number of hydrogen-bond donors (Lipinski definition) is 1. The largest absolute Gasteiger partial charge is 0.481 e. The summed E-state index contributed by atoms with van der Waals surface area (Å²) in [4.78, 5) is 13.1. The van der Waals surface area contributed by atoms with Crippen molar-refractivity contribution in [3.05, 3.63) is 0 Å². The van der Waals surface area contributed by atoms with E-state index in [2.05, 4.69) is 4.90 Å². The van der Waals surface area contributed by atoms with E-state index in [-0.39, 0.29) is 18.3 Å². The van der Waals surface area contributed by atoms with E-state index in [1.165, 1.54) is 0 Å². The van der Waals surface area contributed by atoms with Gasteiger partial charge in [0.25, 0.3) is 0 Å². The minimum atomic E-state index is -0.653. The predicted octanol–water partition coefficient (Wildman–Crippen LogP) is 2.83. The van der Waals surface area contributed by atoms with E-state index in [4.69, 9.17) is 28.3 Å². The standard InChI is InChI=1S/C11H19Cl2NO2.ClH/c12-5-7-14(8-6-13)10-3-1-9(2-4-10)11(15)16;/h9-10H,1-8H2,(H,15,16);1H. The molecule has 3 nitrogen and oxygen atoms in total. The number of carboxylic acid groups (broad SMARTS) is 1. The van der Waals surface area contributed by atoms with Gasteiger partial charge in [-0.05, 0) is 25.7 Å². The molecular formula is C11H20Cl3NO2. The average molecular weight is 305 g/mol. The van der Waals surface area contributed by atoms with Crippen LogP contribution in [-0.2, 0) is 4.79 Å². The van der Waals surface area contributed by atoms with Crippen LogP contribution in [-0.4, -0.2) is 46.9 Å². The van der Waals surface area contributed by atoms with Gasteiger partial charge in [-0.3, -0.25) is 9.69 Å². The molecule has 1 saturated carbocycles. The number of hydrogen-bond acceptors (Lipinski definition) is 2. The summed E-state index contributed by atoms with van der Waals surface area (Å²) in [6, 6.07) is 0.466. The van der Waals surface area contributed by atoms with Crippen LogP contribution >= 0.6 is 35.6 Å². The minimum absolute atomic E-state index is 0. The van der Waals surface area contributed by atoms with Gasteiger partial charge in [0, 0.05) is 30.9 Å². The van der Waals surface area contributed by atoms with Crippen molar-refractivity contribution in [2.45, 2.75) is 31.7 Å². The van der Waals surface area contributed by atoms with Crippen molar-refractivity contribution in [2.24, 2.45) is 5.92 Å². The molecule has 0 aromatic carbocycles. The number of halogens is 3. The van der Waals surface area contributed by atoms with Crippen LogP contribution < -0.4 is 0 Å². The van der Waals surface area contributed by atoms with Gasteiger partial charge in [-0.15, -0.1) is 35.6 Å². The third-order valence-electron chi connectivity index (χ3n) is 3.31. The lowest BCUT2D eigenvalue weighted by atomic mass is 9.85. The zero-order valence-electron chi connectivity index (χ0n) is 9.78. The fourth-order valence-corrected chi connectivity index (χ4v) is 2.82. The van der Waals surface area contributed by atoms with Gasteiger partial charge >= 0.3 is 5.97 Å². The maximum Gasteiger partial charge on any atom is 0.306 e. The second-order valence-corrected chi connectivity index (χ2v) is 5.01. The Balaban J connectivity index is 0.00000256. The zero-order chi connectivity index (χ0) is 12.0. The van der Waals surface area contributed by atoms with Crippen molar-refractivity contribution >= 4 is 41.6 Å². The molecule has 0 aliphatic heterocycles. The normalized spacial score (nSPS) is 24.4. The van der Waals surface area contributed by atoms with Crippen LogP contribution in [0.1, 0.15) is 25.7 Å². The highest BCUT2D eigenvalue weighted by molar-refractivity contribution is 6.18. The van der Waals surface area contributed by atoms with Gasteiger partial charge in [0.1, 0.15) is 0 Å². The fraction of sp³-hybridized carbons (Fsp3) is 0.909. The molecule has 1 aliphatic carbocycles. The van der Waals surface area contributed by atoms with Crippen LogP contribution in [0.25, 0.3) is 0 Å². The lowest BCUT2D eigenvalue weighted by molar-refractivity contribution is -0.143. The van der Waals surface area contributed by atoms with Gasteiger partial charge in [-0.25, -0.2) is 0 Å². The Bertz CT molecular complexity index is 215. The van der Waals surface area contributed by atoms with E-state index in [1.54, 1.807) is 0 Å². The van der Waals surface area contributed by atoms with Gasteiger partial charge in [-0.2, -0.15) is 0 Å². The van der Waals surface area contributed by atoms with Crippen LogP contribution in [0.15, 0.2) is 0 Å². The summed E-state index contributed by atoms with van der Waals surface area (Å²) in [6.45, 7) is 1.69. The van der Waals surface area contributed by atoms with Crippen molar-refractivity contribution in [3.8, 4) is 0 Å². The van der Waals surface area contributed by atoms with Crippen LogP contribution in [0.4, 0.5) is 0 Å². The summed E-state index contributed by atoms with van der Waals surface area (Å²) >= 11 is 11.5. The molecule has 1 aliphatic rings. The van der Waals surface area contributed by atoms with Crippen LogP contribution in [0.2, 0.25) is 0 Å². The molecule has 102 valence electrons. The molecule has 0 spiro atoms. The van der Waals surface area contributed by atoms with Crippen LogP contribution in [0.5, 0.6) is 0 Å². The fourth-order valence-electron chi connectivity index (χ4n) is 2.38. The number of carbonyl (C=O) groups is 1. The minimum Gasteiger partial charge on any atom is -0.481 e. The number of rotatable bonds is 6. The number of alkyl halides is 2. The van der Waals surface area contributed by atoms with E-state index >= 15 is 0 Å². The molecule has 17 heavy (non-hydrogen) atoms. The second kappa shape index (κ2) is 9.26. The summed E-state index contributed by atoms with van der Waals surface area (Å²) in [7, 11) is 0. The monoisotopic (exact) mass is 303 g/mol. The molecule has 0 bridgehead atoms. The highest BCUT2D eigenvalue weighted by Gasteiger charge is 2.28. The molecule has 1 N–H and O–H groups in total. The first-order valence-corrected chi connectivity index (χ1v) is 6.84. The second-order valence-electron chi connectivity index (χ2n) is 4.26. The molecule has 6 heteroatoms. The molecule has 1 rings (SSSR count). The first-order chi connectivity index (χ1) is 7.69. The topological polar surface area (TPSA) is 40.5 Å². The van der Waals surface area contributed by atoms with Crippen molar-refractivity contribution < 1.29 is 9.90 Å². The van der Waals surface area contributed by atoms with E-state index < -0.39 is 5.97 Å². The van der Waals surface area contributed by atoms with Crippen molar-refractivity contribution in [1.29, 1.82) is 0 Å². The molecule has 0 radical (unpaired) electrons. The van der Waals surface area contributed by atoms with Gasteiger partial charge < -0.3 is 5.11 Å². The van der Waals surface area contributed by atoms with E-state index in [9.17, 15) is 4.79 Å². The van der Waals surface area contributed by atoms with Gasteiger partial charge in [-0.1, -0.05) is 0 Å². The maximum absolute atomic E-state index is 10.8. The summed E-state index contributed by atoms with van der Waals surface area (Å²) in [5, 5.41) is 8.91. The molecule has 1 fully saturated rings. The summed E-state index contributed by atoms with van der Waals surface area (Å²) in [5.74, 6) is 0.413. The predicted molar refractivity (Wildman–Crippen MR) is 73.6 cm³/mol. The number of aliphatic carboxylic acids is 1. The lowest BCUT2D eigenvalue weighted by Crippen LogP contribution is -2.41. The number of carboxylic acids is 1. The van der Waals surface area contributed by atoms with Crippen molar-refractivity contribution in [1.82, 2.24) is 4.90 Å². The lowest BCUT2D eigenvalue weighted by Gasteiger charge is -2.35. The Morgan fingerprint density at radius 2 is 1.59 bits per heavy atom. The van der Waals surface area contributed by atoms with E-state index in [0.29, 0.717) is 17.8 Å². The zero-order valence-corrected chi connectivity index (χ0v) is 12.1. The average Bonchev–Trinajstić information content (AvgIpc) is 2.29. The summed E-state index contributed by atoms with van der Waals surface area (Å²) in [5.41, 5.74) is 0. The molecule has 0 atom stereocenters. The van der Waals surface area contributed by atoms with Gasteiger partial charge in [0.05, 0.1) is 5.92 Å². The van der Waals surface area contributed by atoms with Crippen molar-refractivity contribution in [3.63, 3.8) is 0 Å². The molecule has 0 aromatic rings. The Hall–Kier alpha value is 0.300. The van der Waals surface area contributed by atoms with Gasteiger partial charge in [0.2, 0.25) is 0 Å². The molecule has 0 amide bonds. The van der Waals surface area contributed by atoms with E-state index in [1.807, 2.05) is 0 Å². The highest BCUT2D eigenvalue weighted by Crippen LogP contribution is 2.27. The Labute approximate surface area is 119 Å². The summed E-state index contributed by atoms with van der Waals surface area (Å²) < 4.78 is 0. The summed E-state index contributed by atoms with van der Waals surface area (Å²) in [6.07, 6.45) is 3.46. The molecular weight excluding hydrogens is 284 g/mol. The molecule has 0 aromatic heterocycles. The Kier molecular flexibility index (Phi) is 9.42. The van der Waals surface area contributed by atoms with Crippen LogP contribution in [0, 0.1) is 5.92 Å².